The number of ketones is 1. The Labute approximate surface area is 146 Å². The lowest BCUT2D eigenvalue weighted by Gasteiger charge is -2.04. The SMILES string of the molecule is O=C(CSc1nncs1)c1c(-c2ccccc2)[nH]c2ccccc12. The molecule has 0 saturated carbocycles. The van der Waals surface area contributed by atoms with Crippen molar-refractivity contribution in [2.45, 2.75) is 4.34 Å². The first kappa shape index (κ1) is 15.1. The van der Waals surface area contributed by atoms with Crippen LogP contribution in [0.1, 0.15) is 10.4 Å². The number of rotatable bonds is 5. The second-order valence-corrected chi connectivity index (χ2v) is 7.26. The molecule has 24 heavy (non-hydrogen) atoms. The third kappa shape index (κ3) is 2.86. The molecule has 0 bridgehead atoms. The van der Waals surface area contributed by atoms with Gasteiger partial charge in [0.15, 0.2) is 10.1 Å². The Hall–Kier alpha value is -2.44. The Balaban J connectivity index is 1.76. The minimum Gasteiger partial charge on any atom is -0.354 e. The van der Waals surface area contributed by atoms with Crippen LogP contribution in [0.15, 0.2) is 64.4 Å². The Morgan fingerprint density at radius 3 is 2.67 bits per heavy atom. The fourth-order valence-electron chi connectivity index (χ4n) is 2.68. The summed E-state index contributed by atoms with van der Waals surface area (Å²) < 4.78 is 0.810. The quantitative estimate of drug-likeness (QED) is 0.420. The summed E-state index contributed by atoms with van der Waals surface area (Å²) in [6, 6.07) is 17.9. The normalized spacial score (nSPS) is 11.0. The Kier molecular flexibility index (Phi) is 4.15. The average Bonchev–Trinajstić information content (AvgIpc) is 3.28. The molecule has 2 heterocycles. The highest BCUT2D eigenvalue weighted by atomic mass is 32.2. The number of aromatic nitrogens is 3. The number of hydrogen-bond acceptors (Lipinski definition) is 5. The van der Waals surface area contributed by atoms with Gasteiger partial charge < -0.3 is 4.98 Å². The third-order valence-corrected chi connectivity index (χ3v) is 5.57. The van der Waals surface area contributed by atoms with Gasteiger partial charge in [0.25, 0.3) is 0 Å². The van der Waals surface area contributed by atoms with Gasteiger partial charge in [0.05, 0.1) is 17.0 Å². The number of carbonyl (C=O) groups is 1. The van der Waals surface area contributed by atoms with Crippen LogP contribution in [-0.4, -0.2) is 26.7 Å². The summed E-state index contributed by atoms with van der Waals surface area (Å²) in [7, 11) is 0. The van der Waals surface area contributed by atoms with Crippen LogP contribution >= 0.6 is 23.1 Å². The molecule has 0 aliphatic rings. The zero-order chi connectivity index (χ0) is 16.4. The number of Topliss-reactive ketones (excluding diaryl/α,β-unsaturated/α-hetero) is 1. The minimum absolute atomic E-state index is 0.0894. The van der Waals surface area contributed by atoms with E-state index in [9.17, 15) is 4.79 Å². The molecule has 4 nitrogen and oxygen atoms in total. The Morgan fingerprint density at radius 1 is 1.08 bits per heavy atom. The molecule has 2 aromatic heterocycles. The van der Waals surface area contributed by atoms with Gasteiger partial charge in [-0.25, -0.2) is 0 Å². The van der Waals surface area contributed by atoms with Crippen molar-refractivity contribution in [2.24, 2.45) is 0 Å². The molecule has 0 unspecified atom stereocenters. The molecule has 0 aliphatic carbocycles. The number of hydrogen-bond donors (Lipinski definition) is 1. The van der Waals surface area contributed by atoms with Crippen molar-refractivity contribution in [3.63, 3.8) is 0 Å². The smallest absolute Gasteiger partial charge is 0.175 e. The van der Waals surface area contributed by atoms with Crippen molar-refractivity contribution in [3.05, 3.63) is 65.7 Å². The molecule has 0 saturated heterocycles. The van der Waals surface area contributed by atoms with Crippen LogP contribution in [0, 0.1) is 0 Å². The zero-order valence-electron chi connectivity index (χ0n) is 12.6. The van der Waals surface area contributed by atoms with Crippen LogP contribution < -0.4 is 0 Å². The summed E-state index contributed by atoms with van der Waals surface area (Å²) in [6.07, 6.45) is 0. The van der Waals surface area contributed by atoms with Gasteiger partial charge in [-0.05, 0) is 11.6 Å². The lowest BCUT2D eigenvalue weighted by atomic mass is 10.0. The molecule has 0 spiro atoms. The molecule has 0 radical (unpaired) electrons. The fraction of sp³-hybridized carbons (Fsp3) is 0.0556. The predicted molar refractivity (Wildman–Crippen MR) is 98.7 cm³/mol. The van der Waals surface area contributed by atoms with Crippen LogP contribution in [0.4, 0.5) is 0 Å². The van der Waals surface area contributed by atoms with Gasteiger partial charge in [-0.1, -0.05) is 71.6 Å². The second-order valence-electron chi connectivity index (χ2n) is 5.20. The number of benzene rings is 2. The summed E-state index contributed by atoms with van der Waals surface area (Å²) in [4.78, 5) is 16.3. The molecule has 0 aliphatic heterocycles. The van der Waals surface area contributed by atoms with Gasteiger partial charge in [0.1, 0.15) is 5.51 Å². The first-order valence-corrected chi connectivity index (χ1v) is 9.28. The van der Waals surface area contributed by atoms with Crippen LogP contribution in [0.2, 0.25) is 0 Å². The Morgan fingerprint density at radius 2 is 1.88 bits per heavy atom. The maximum absolute atomic E-state index is 12.9. The average molecular weight is 351 g/mol. The summed E-state index contributed by atoms with van der Waals surface area (Å²) in [6.45, 7) is 0. The molecule has 1 N–H and O–H groups in total. The van der Waals surface area contributed by atoms with E-state index in [0.717, 1.165) is 32.1 Å². The van der Waals surface area contributed by atoms with E-state index in [1.807, 2.05) is 54.6 Å². The van der Waals surface area contributed by atoms with E-state index in [2.05, 4.69) is 15.2 Å². The highest BCUT2D eigenvalue weighted by molar-refractivity contribution is 8.01. The number of nitrogens with one attached hydrogen (secondary N) is 1. The van der Waals surface area contributed by atoms with E-state index < -0.39 is 0 Å². The van der Waals surface area contributed by atoms with Crippen molar-refractivity contribution in [1.82, 2.24) is 15.2 Å². The van der Waals surface area contributed by atoms with Crippen molar-refractivity contribution >= 4 is 39.8 Å². The van der Waals surface area contributed by atoms with E-state index in [4.69, 9.17) is 0 Å². The minimum atomic E-state index is 0.0894. The standard InChI is InChI=1S/C18H13N3OS2/c22-15(10-23-18-21-19-11-24-18)16-13-8-4-5-9-14(13)20-17(16)12-6-2-1-3-7-12/h1-9,11,20H,10H2. The molecule has 6 heteroatoms. The van der Waals surface area contributed by atoms with Crippen LogP contribution in [0.5, 0.6) is 0 Å². The molecule has 4 rings (SSSR count). The van der Waals surface area contributed by atoms with E-state index in [0.29, 0.717) is 5.75 Å². The fourth-order valence-corrected chi connectivity index (χ4v) is 4.04. The van der Waals surface area contributed by atoms with Gasteiger partial charge in [-0.3, -0.25) is 4.79 Å². The van der Waals surface area contributed by atoms with Gasteiger partial charge in [0.2, 0.25) is 0 Å². The molecule has 118 valence electrons. The Bertz CT molecular complexity index is 978. The second kappa shape index (κ2) is 6.59. The monoisotopic (exact) mass is 351 g/mol. The number of thioether (sulfide) groups is 1. The van der Waals surface area contributed by atoms with Crippen molar-refractivity contribution in [2.75, 3.05) is 5.75 Å². The molecule has 0 fully saturated rings. The van der Waals surface area contributed by atoms with Gasteiger partial charge in [0, 0.05) is 10.9 Å². The van der Waals surface area contributed by atoms with Gasteiger partial charge in [-0.2, -0.15) is 0 Å². The highest BCUT2D eigenvalue weighted by Crippen LogP contribution is 2.32. The number of fused-ring (bicyclic) bond motifs is 1. The number of nitrogens with zero attached hydrogens (tertiary/aromatic N) is 2. The number of aromatic amines is 1. The van der Waals surface area contributed by atoms with Gasteiger partial charge in [-0.15, -0.1) is 10.2 Å². The largest absolute Gasteiger partial charge is 0.354 e. The summed E-state index contributed by atoms with van der Waals surface area (Å²) in [5.41, 5.74) is 5.28. The van der Waals surface area contributed by atoms with Crippen LogP contribution in [-0.2, 0) is 0 Å². The van der Waals surface area contributed by atoms with Crippen LogP contribution in [0.3, 0.4) is 0 Å². The maximum Gasteiger partial charge on any atom is 0.175 e. The lowest BCUT2D eigenvalue weighted by molar-refractivity contribution is 0.102. The number of para-hydroxylation sites is 1. The molecule has 0 amide bonds. The lowest BCUT2D eigenvalue weighted by Crippen LogP contribution is -2.03. The summed E-state index contributed by atoms with van der Waals surface area (Å²) >= 11 is 2.87. The summed E-state index contributed by atoms with van der Waals surface area (Å²) in [5.74, 6) is 0.433. The third-order valence-electron chi connectivity index (χ3n) is 3.71. The van der Waals surface area contributed by atoms with E-state index in [-0.39, 0.29) is 5.78 Å². The van der Waals surface area contributed by atoms with E-state index >= 15 is 0 Å². The highest BCUT2D eigenvalue weighted by Gasteiger charge is 2.19. The number of H-pyrrole nitrogens is 1. The van der Waals surface area contributed by atoms with Crippen LogP contribution in [0.25, 0.3) is 22.2 Å². The zero-order valence-corrected chi connectivity index (χ0v) is 14.2. The molecular weight excluding hydrogens is 338 g/mol. The van der Waals surface area contributed by atoms with E-state index in [1.54, 1.807) is 5.51 Å². The maximum atomic E-state index is 12.9. The molecular formula is C18H13N3OS2. The molecule has 2 aromatic carbocycles. The van der Waals surface area contributed by atoms with Gasteiger partial charge >= 0.3 is 0 Å². The van der Waals surface area contributed by atoms with Crippen molar-refractivity contribution < 1.29 is 4.79 Å². The first-order valence-electron chi connectivity index (χ1n) is 7.41. The predicted octanol–water partition coefficient (Wildman–Crippen LogP) is 4.66. The van der Waals surface area contributed by atoms with Crippen molar-refractivity contribution in [3.8, 4) is 11.3 Å². The summed E-state index contributed by atoms with van der Waals surface area (Å²) in [5, 5.41) is 8.75. The van der Waals surface area contributed by atoms with E-state index in [1.165, 1.54) is 23.1 Å². The van der Waals surface area contributed by atoms with Crippen molar-refractivity contribution in [1.29, 1.82) is 0 Å². The number of carbonyl (C=O) groups excluding carboxylic acids is 1. The topological polar surface area (TPSA) is 58.6 Å². The first-order chi connectivity index (χ1) is 11.8. The molecule has 0 atom stereocenters. The molecule has 4 aromatic rings.